The normalized spacial score (nSPS) is 12.8. The van der Waals surface area contributed by atoms with E-state index in [0.29, 0.717) is 11.4 Å². The molecule has 6 heteroatoms. The quantitative estimate of drug-likeness (QED) is 0.773. The number of sulfonamides is 1. The molecule has 0 amide bonds. The summed E-state index contributed by atoms with van der Waals surface area (Å²) in [6.45, 7) is 9.31. The highest BCUT2D eigenvalue weighted by Gasteiger charge is 2.26. The smallest absolute Gasteiger partial charge is 0.242 e. The average Bonchev–Trinajstić information content (AvgIpc) is 2.73. The third-order valence-corrected chi connectivity index (χ3v) is 5.05. The molecular formula is C14H27N3O2S. The molecule has 20 heavy (non-hydrogen) atoms. The van der Waals surface area contributed by atoms with Crippen molar-refractivity contribution in [2.75, 3.05) is 7.05 Å². The number of aromatic nitrogens is 1. The first-order valence-electron chi connectivity index (χ1n) is 7.13. The largest absolute Gasteiger partial charge is 0.349 e. The Morgan fingerprint density at radius 2 is 1.95 bits per heavy atom. The van der Waals surface area contributed by atoms with Gasteiger partial charge in [-0.1, -0.05) is 13.8 Å². The lowest BCUT2D eigenvalue weighted by Crippen LogP contribution is -2.42. The van der Waals surface area contributed by atoms with E-state index in [4.69, 9.17) is 0 Å². The van der Waals surface area contributed by atoms with E-state index >= 15 is 0 Å². The predicted octanol–water partition coefficient (Wildman–Crippen LogP) is 2.08. The molecule has 0 aliphatic rings. The van der Waals surface area contributed by atoms with E-state index in [9.17, 15) is 8.42 Å². The van der Waals surface area contributed by atoms with Crippen molar-refractivity contribution >= 4 is 10.0 Å². The van der Waals surface area contributed by atoms with Gasteiger partial charge >= 0.3 is 0 Å². The van der Waals surface area contributed by atoms with Gasteiger partial charge in [-0.05, 0) is 39.8 Å². The van der Waals surface area contributed by atoms with Gasteiger partial charge in [0, 0.05) is 30.5 Å². The van der Waals surface area contributed by atoms with E-state index in [1.165, 1.54) is 0 Å². The number of aryl methyl sites for hydroxylation is 1. The van der Waals surface area contributed by atoms with Crippen LogP contribution in [0.15, 0.2) is 17.2 Å². The Morgan fingerprint density at radius 3 is 2.45 bits per heavy atom. The highest BCUT2D eigenvalue weighted by molar-refractivity contribution is 7.89. The molecule has 0 radical (unpaired) electrons. The zero-order valence-corrected chi connectivity index (χ0v) is 14.0. The molecule has 1 rings (SSSR count). The van der Waals surface area contributed by atoms with Gasteiger partial charge in [0.25, 0.3) is 0 Å². The van der Waals surface area contributed by atoms with Gasteiger partial charge in [0.15, 0.2) is 0 Å². The van der Waals surface area contributed by atoms with Gasteiger partial charge in [-0.2, -0.15) is 0 Å². The molecule has 0 aliphatic carbocycles. The summed E-state index contributed by atoms with van der Waals surface area (Å²) in [5.74, 6) is 0. The van der Waals surface area contributed by atoms with E-state index in [-0.39, 0.29) is 0 Å². The highest BCUT2D eigenvalue weighted by atomic mass is 32.2. The topological polar surface area (TPSA) is 63.1 Å². The zero-order chi connectivity index (χ0) is 15.4. The van der Waals surface area contributed by atoms with E-state index in [0.717, 1.165) is 25.1 Å². The molecule has 0 bridgehead atoms. The van der Waals surface area contributed by atoms with Crippen molar-refractivity contribution < 1.29 is 8.42 Å². The van der Waals surface area contributed by atoms with Gasteiger partial charge in [-0.25, -0.2) is 13.1 Å². The highest BCUT2D eigenvalue weighted by Crippen LogP contribution is 2.18. The Labute approximate surface area is 122 Å². The Hall–Kier alpha value is -0.850. The Balaban J connectivity index is 3.09. The molecular weight excluding hydrogens is 274 g/mol. The van der Waals surface area contributed by atoms with E-state index < -0.39 is 15.6 Å². The average molecular weight is 301 g/mol. The molecule has 0 saturated carbocycles. The molecule has 0 unspecified atom stereocenters. The van der Waals surface area contributed by atoms with Crippen LogP contribution >= 0.6 is 0 Å². The number of nitrogens with zero attached hydrogens (tertiary/aromatic N) is 1. The fraction of sp³-hybridized carbons (Fsp3) is 0.714. The van der Waals surface area contributed by atoms with Gasteiger partial charge in [-0.3, -0.25) is 0 Å². The van der Waals surface area contributed by atoms with Crippen molar-refractivity contribution in [2.24, 2.45) is 0 Å². The fourth-order valence-corrected chi connectivity index (χ4v) is 3.49. The molecule has 0 saturated heterocycles. The first kappa shape index (κ1) is 17.2. The van der Waals surface area contributed by atoms with E-state index in [1.807, 2.05) is 32.4 Å². The number of nitrogens with one attached hydrogen (secondary N) is 2. The molecule has 0 fully saturated rings. The minimum absolute atomic E-state index is 0.345. The Morgan fingerprint density at radius 1 is 1.30 bits per heavy atom. The molecule has 1 aromatic heterocycles. The van der Waals surface area contributed by atoms with Gasteiger partial charge in [-0.15, -0.1) is 0 Å². The van der Waals surface area contributed by atoms with Crippen LogP contribution in [0.2, 0.25) is 0 Å². The van der Waals surface area contributed by atoms with Crippen LogP contribution in [0.5, 0.6) is 0 Å². The summed E-state index contributed by atoms with van der Waals surface area (Å²) in [6, 6.07) is 1.75. The minimum atomic E-state index is -3.47. The van der Waals surface area contributed by atoms with Gasteiger partial charge < -0.3 is 9.88 Å². The molecule has 0 aliphatic heterocycles. The summed E-state index contributed by atoms with van der Waals surface area (Å²) in [5, 5.41) is 3.07. The first-order valence-corrected chi connectivity index (χ1v) is 8.61. The third-order valence-electron chi connectivity index (χ3n) is 3.39. The van der Waals surface area contributed by atoms with Gasteiger partial charge in [0.1, 0.15) is 0 Å². The van der Waals surface area contributed by atoms with Crippen LogP contribution in [0.3, 0.4) is 0 Å². The lowest BCUT2D eigenvalue weighted by Gasteiger charge is -2.23. The van der Waals surface area contributed by atoms with Crippen LogP contribution in [0.1, 0.15) is 46.2 Å². The maximum absolute atomic E-state index is 12.4. The van der Waals surface area contributed by atoms with Crippen molar-refractivity contribution in [3.05, 3.63) is 18.0 Å². The Kier molecular flexibility index (Phi) is 5.79. The van der Waals surface area contributed by atoms with Crippen LogP contribution in [0.4, 0.5) is 0 Å². The molecule has 1 heterocycles. The lowest BCUT2D eigenvalue weighted by molar-refractivity contribution is 0.439. The molecule has 5 nitrogen and oxygen atoms in total. The molecule has 0 spiro atoms. The molecule has 1 aromatic rings. The second-order valence-electron chi connectivity index (χ2n) is 5.73. The maximum Gasteiger partial charge on any atom is 0.242 e. The maximum atomic E-state index is 12.4. The van der Waals surface area contributed by atoms with Crippen LogP contribution in [0, 0.1) is 0 Å². The van der Waals surface area contributed by atoms with Gasteiger partial charge in [0.2, 0.25) is 10.0 Å². The fourth-order valence-electron chi connectivity index (χ4n) is 1.95. The first-order chi connectivity index (χ1) is 9.25. The minimum Gasteiger partial charge on any atom is -0.349 e. The zero-order valence-electron chi connectivity index (χ0n) is 13.2. The summed E-state index contributed by atoms with van der Waals surface area (Å²) >= 11 is 0. The van der Waals surface area contributed by atoms with Crippen LogP contribution in [-0.4, -0.2) is 25.6 Å². The van der Waals surface area contributed by atoms with Crippen molar-refractivity contribution in [1.82, 2.24) is 14.6 Å². The lowest BCUT2D eigenvalue weighted by atomic mass is 10.0. The second-order valence-corrected chi connectivity index (χ2v) is 7.42. The summed E-state index contributed by atoms with van der Waals surface area (Å²) in [5.41, 5.74) is 0.554. The van der Waals surface area contributed by atoms with E-state index in [1.54, 1.807) is 12.3 Å². The Bertz CT molecular complexity index is 509. The van der Waals surface area contributed by atoms with Crippen LogP contribution in [0.25, 0.3) is 0 Å². The SMILES string of the molecule is CCCn1cc(S(=O)(=O)NC(C)(C)CC)cc1CNC. The summed E-state index contributed by atoms with van der Waals surface area (Å²) in [6.07, 6.45) is 3.44. The standard InChI is InChI=1S/C14H27N3O2S/c1-6-8-17-11-13(9-12(17)10-15-5)20(18,19)16-14(3,4)7-2/h9,11,15-16H,6-8,10H2,1-5H3. The summed E-state index contributed by atoms with van der Waals surface area (Å²) in [7, 11) is -1.61. The van der Waals surface area contributed by atoms with Crippen molar-refractivity contribution in [1.29, 1.82) is 0 Å². The molecule has 116 valence electrons. The monoisotopic (exact) mass is 301 g/mol. The molecule has 2 N–H and O–H groups in total. The number of hydrogen-bond acceptors (Lipinski definition) is 3. The molecule has 0 aromatic carbocycles. The van der Waals surface area contributed by atoms with Crippen molar-refractivity contribution in [2.45, 2.75) is 64.1 Å². The van der Waals surface area contributed by atoms with Crippen LogP contribution in [-0.2, 0) is 23.1 Å². The summed E-state index contributed by atoms with van der Waals surface area (Å²) in [4.78, 5) is 0.345. The van der Waals surface area contributed by atoms with Crippen LogP contribution < -0.4 is 10.0 Å². The van der Waals surface area contributed by atoms with E-state index in [2.05, 4.69) is 17.0 Å². The second kappa shape index (κ2) is 6.74. The number of rotatable bonds is 8. The van der Waals surface area contributed by atoms with Gasteiger partial charge in [0.05, 0.1) is 4.90 Å². The van der Waals surface area contributed by atoms with Crippen molar-refractivity contribution in [3.8, 4) is 0 Å². The van der Waals surface area contributed by atoms with Crippen molar-refractivity contribution in [3.63, 3.8) is 0 Å². The number of hydrogen-bond donors (Lipinski definition) is 2. The third kappa shape index (κ3) is 4.33. The molecule has 0 atom stereocenters. The summed E-state index contributed by atoms with van der Waals surface area (Å²) < 4.78 is 29.6. The predicted molar refractivity (Wildman–Crippen MR) is 82.2 cm³/mol.